The smallest absolute Gasteiger partial charge is 0.229 e. The van der Waals surface area contributed by atoms with E-state index in [1.807, 2.05) is 31.2 Å². The van der Waals surface area contributed by atoms with Crippen molar-refractivity contribution < 1.29 is 4.39 Å². The van der Waals surface area contributed by atoms with Gasteiger partial charge in [-0.1, -0.05) is 51.1 Å². The third-order valence-electron chi connectivity index (χ3n) is 4.28. The third-order valence-corrected chi connectivity index (χ3v) is 4.28. The van der Waals surface area contributed by atoms with Gasteiger partial charge in [0.15, 0.2) is 0 Å². The van der Waals surface area contributed by atoms with Crippen LogP contribution in [0.3, 0.4) is 0 Å². The molecule has 140 valence electrons. The van der Waals surface area contributed by atoms with Gasteiger partial charge in [-0.3, -0.25) is 0 Å². The number of rotatable bonds is 5. The van der Waals surface area contributed by atoms with Gasteiger partial charge in [0.2, 0.25) is 5.95 Å². The molecule has 0 aliphatic carbocycles. The summed E-state index contributed by atoms with van der Waals surface area (Å²) in [5.74, 6) is 0.933. The number of aromatic nitrogens is 2. The van der Waals surface area contributed by atoms with Gasteiger partial charge in [0.1, 0.15) is 11.6 Å². The van der Waals surface area contributed by atoms with Gasteiger partial charge in [-0.25, -0.2) is 9.37 Å². The monoisotopic (exact) mass is 364 g/mol. The molecule has 2 N–H and O–H groups in total. The van der Waals surface area contributed by atoms with Gasteiger partial charge in [0, 0.05) is 29.6 Å². The molecular formula is C22H25FN4. The molecule has 0 unspecified atom stereocenters. The highest BCUT2D eigenvalue weighted by Crippen LogP contribution is 2.24. The number of anilines is 3. The number of aryl methyl sites for hydroxylation is 1. The quantitative estimate of drug-likeness (QED) is 0.621. The maximum Gasteiger partial charge on any atom is 0.229 e. The number of nitrogens with one attached hydrogen (secondary N) is 2. The molecule has 4 nitrogen and oxygen atoms in total. The largest absolute Gasteiger partial charge is 0.366 e. The first-order valence-corrected chi connectivity index (χ1v) is 9.02. The first-order valence-electron chi connectivity index (χ1n) is 9.02. The third kappa shape index (κ3) is 5.03. The highest BCUT2D eigenvalue weighted by Gasteiger charge is 2.13. The Kier molecular flexibility index (Phi) is 5.40. The second-order valence-electron chi connectivity index (χ2n) is 7.62. The van der Waals surface area contributed by atoms with Gasteiger partial charge in [0.05, 0.1) is 0 Å². The van der Waals surface area contributed by atoms with Crippen LogP contribution in [0.4, 0.5) is 21.8 Å². The predicted octanol–water partition coefficient (Wildman–Crippen LogP) is 5.58. The highest BCUT2D eigenvalue weighted by atomic mass is 19.1. The number of hydrogen-bond donors (Lipinski definition) is 2. The summed E-state index contributed by atoms with van der Waals surface area (Å²) in [7, 11) is 0. The summed E-state index contributed by atoms with van der Waals surface area (Å²) in [5, 5.41) is 6.40. The van der Waals surface area contributed by atoms with Gasteiger partial charge < -0.3 is 10.6 Å². The van der Waals surface area contributed by atoms with Crippen LogP contribution in [0.25, 0.3) is 0 Å². The van der Waals surface area contributed by atoms with Gasteiger partial charge in [-0.15, -0.1) is 0 Å². The Morgan fingerprint density at radius 3 is 2.33 bits per heavy atom. The maximum atomic E-state index is 13.8. The van der Waals surface area contributed by atoms with Crippen molar-refractivity contribution in [1.82, 2.24) is 9.97 Å². The molecule has 0 bridgehead atoms. The molecule has 0 aliphatic heterocycles. The molecular weight excluding hydrogens is 339 g/mol. The first kappa shape index (κ1) is 18.8. The lowest BCUT2D eigenvalue weighted by atomic mass is 9.87. The van der Waals surface area contributed by atoms with E-state index in [4.69, 9.17) is 0 Å². The van der Waals surface area contributed by atoms with E-state index in [9.17, 15) is 4.39 Å². The SMILES string of the molecule is Cc1cc(NCc2ccccc2F)nc(Nc2ccc(C(C)(C)C)cc2)n1. The van der Waals surface area contributed by atoms with Crippen molar-refractivity contribution in [1.29, 1.82) is 0 Å². The molecule has 2 aromatic carbocycles. The summed E-state index contributed by atoms with van der Waals surface area (Å²) >= 11 is 0. The van der Waals surface area contributed by atoms with Gasteiger partial charge in [-0.05, 0) is 36.1 Å². The molecule has 3 aromatic rings. The molecule has 0 atom stereocenters. The van der Waals surface area contributed by atoms with Crippen LogP contribution in [0, 0.1) is 12.7 Å². The molecule has 0 amide bonds. The van der Waals surface area contributed by atoms with Crippen LogP contribution in [0.1, 0.15) is 37.6 Å². The topological polar surface area (TPSA) is 49.8 Å². The zero-order valence-corrected chi connectivity index (χ0v) is 16.2. The van der Waals surface area contributed by atoms with E-state index in [1.54, 1.807) is 12.1 Å². The Hall–Kier alpha value is -2.95. The van der Waals surface area contributed by atoms with E-state index in [-0.39, 0.29) is 11.2 Å². The summed E-state index contributed by atoms with van der Waals surface area (Å²) in [5.41, 5.74) is 3.73. The lowest BCUT2D eigenvalue weighted by Gasteiger charge is -2.19. The standard InChI is InChI=1S/C22H25FN4/c1-15-13-20(24-14-16-7-5-6-8-19(16)23)27-21(25-15)26-18-11-9-17(10-12-18)22(2,3)4/h5-13H,14H2,1-4H3,(H2,24,25,26,27). The fraction of sp³-hybridized carbons (Fsp3) is 0.273. The summed E-state index contributed by atoms with van der Waals surface area (Å²) < 4.78 is 13.8. The lowest BCUT2D eigenvalue weighted by molar-refractivity contribution is 0.590. The molecule has 5 heteroatoms. The molecule has 1 aromatic heterocycles. The summed E-state index contributed by atoms with van der Waals surface area (Å²) in [6.07, 6.45) is 0. The predicted molar refractivity (Wildman–Crippen MR) is 109 cm³/mol. The van der Waals surface area contributed by atoms with E-state index < -0.39 is 0 Å². The van der Waals surface area contributed by atoms with E-state index >= 15 is 0 Å². The van der Waals surface area contributed by atoms with E-state index in [0.717, 1.165) is 11.4 Å². The fourth-order valence-corrected chi connectivity index (χ4v) is 2.73. The number of benzene rings is 2. The highest BCUT2D eigenvalue weighted by molar-refractivity contribution is 5.56. The zero-order valence-electron chi connectivity index (χ0n) is 16.2. The Morgan fingerprint density at radius 2 is 1.67 bits per heavy atom. The molecule has 0 radical (unpaired) electrons. The van der Waals surface area contributed by atoms with Crippen LogP contribution >= 0.6 is 0 Å². The first-order chi connectivity index (χ1) is 12.8. The van der Waals surface area contributed by atoms with Gasteiger partial charge in [0.25, 0.3) is 0 Å². The molecule has 0 saturated heterocycles. The Labute approximate surface area is 159 Å². The number of hydrogen-bond acceptors (Lipinski definition) is 4. The van der Waals surface area contributed by atoms with Crippen molar-refractivity contribution in [2.24, 2.45) is 0 Å². The molecule has 27 heavy (non-hydrogen) atoms. The average Bonchev–Trinajstić information content (AvgIpc) is 2.60. The maximum absolute atomic E-state index is 13.8. The zero-order chi connectivity index (χ0) is 19.4. The van der Waals surface area contributed by atoms with Crippen molar-refractivity contribution >= 4 is 17.5 Å². The van der Waals surface area contributed by atoms with Crippen molar-refractivity contribution in [3.05, 3.63) is 77.2 Å². The van der Waals surface area contributed by atoms with Crippen LogP contribution < -0.4 is 10.6 Å². The van der Waals surface area contributed by atoms with Crippen molar-refractivity contribution in [2.45, 2.75) is 39.7 Å². The molecule has 1 heterocycles. The van der Waals surface area contributed by atoms with Crippen LogP contribution in [0.5, 0.6) is 0 Å². The fourth-order valence-electron chi connectivity index (χ4n) is 2.73. The normalized spacial score (nSPS) is 11.3. The Bertz CT molecular complexity index is 914. The second kappa shape index (κ2) is 7.74. The summed E-state index contributed by atoms with van der Waals surface area (Å²) in [6, 6.07) is 16.8. The molecule has 3 rings (SSSR count). The minimum absolute atomic E-state index is 0.113. The summed E-state index contributed by atoms with van der Waals surface area (Å²) in [4.78, 5) is 8.93. The average molecular weight is 364 g/mol. The van der Waals surface area contributed by atoms with Crippen LogP contribution in [0.15, 0.2) is 54.6 Å². The number of nitrogens with zero attached hydrogens (tertiary/aromatic N) is 2. The lowest BCUT2D eigenvalue weighted by Crippen LogP contribution is -2.10. The minimum atomic E-state index is -0.229. The van der Waals surface area contributed by atoms with E-state index in [0.29, 0.717) is 23.9 Å². The number of halogens is 1. The van der Waals surface area contributed by atoms with Crippen LogP contribution in [0.2, 0.25) is 0 Å². The van der Waals surface area contributed by atoms with Crippen molar-refractivity contribution in [2.75, 3.05) is 10.6 Å². The second-order valence-corrected chi connectivity index (χ2v) is 7.62. The van der Waals surface area contributed by atoms with Crippen molar-refractivity contribution in [3.8, 4) is 0 Å². The van der Waals surface area contributed by atoms with Crippen LogP contribution in [-0.2, 0) is 12.0 Å². The molecule has 0 spiro atoms. The van der Waals surface area contributed by atoms with E-state index in [1.165, 1.54) is 11.6 Å². The van der Waals surface area contributed by atoms with Gasteiger partial charge in [-0.2, -0.15) is 4.98 Å². The van der Waals surface area contributed by atoms with Crippen molar-refractivity contribution in [3.63, 3.8) is 0 Å². The van der Waals surface area contributed by atoms with Crippen LogP contribution in [-0.4, -0.2) is 9.97 Å². The summed E-state index contributed by atoms with van der Waals surface area (Å²) in [6.45, 7) is 8.83. The molecule has 0 aliphatic rings. The Morgan fingerprint density at radius 1 is 0.963 bits per heavy atom. The molecule has 0 saturated carbocycles. The molecule has 0 fully saturated rings. The minimum Gasteiger partial charge on any atom is -0.366 e. The Balaban J connectivity index is 1.72. The van der Waals surface area contributed by atoms with E-state index in [2.05, 4.69) is 53.5 Å². The van der Waals surface area contributed by atoms with Gasteiger partial charge >= 0.3 is 0 Å².